The second kappa shape index (κ2) is 7.09. The molecule has 1 amide bonds. The normalized spacial score (nSPS) is 11.3. The lowest BCUT2D eigenvalue weighted by atomic mass is 10.2. The zero-order valence-corrected chi connectivity index (χ0v) is 12.5. The predicted octanol–water partition coefficient (Wildman–Crippen LogP) is 2.03. The molecule has 1 N–H and O–H groups in total. The number of carbonyl (C=O) groups is 1. The van der Waals surface area contributed by atoms with Gasteiger partial charge >= 0.3 is 0 Å². The second-order valence-electron chi connectivity index (χ2n) is 3.68. The summed E-state index contributed by atoms with van der Waals surface area (Å²) in [5.41, 5.74) is 0.0702. The average Bonchev–Trinajstić information content (AvgIpc) is 2.33. The van der Waals surface area contributed by atoms with Gasteiger partial charge in [0.1, 0.15) is 0 Å². The molecule has 106 valence electrons. The van der Waals surface area contributed by atoms with Crippen LogP contribution in [0.15, 0.2) is 23.1 Å². The predicted molar refractivity (Wildman–Crippen MR) is 73.3 cm³/mol. The van der Waals surface area contributed by atoms with E-state index in [4.69, 9.17) is 27.0 Å². The Morgan fingerprint density at radius 2 is 2.11 bits per heavy atom. The summed E-state index contributed by atoms with van der Waals surface area (Å²) in [6, 6.07) is 3.71. The van der Waals surface area contributed by atoms with E-state index < -0.39 is 15.0 Å². The molecule has 0 saturated heterocycles. The Balaban J connectivity index is 2.84. The van der Waals surface area contributed by atoms with Gasteiger partial charge in [0, 0.05) is 30.9 Å². The summed E-state index contributed by atoms with van der Waals surface area (Å²) in [5, 5.41) is 2.77. The van der Waals surface area contributed by atoms with Crippen LogP contribution in [0.5, 0.6) is 0 Å². The fourth-order valence-corrected chi connectivity index (χ4v) is 2.32. The van der Waals surface area contributed by atoms with Crippen molar-refractivity contribution in [3.63, 3.8) is 0 Å². The van der Waals surface area contributed by atoms with E-state index >= 15 is 0 Å². The Kier molecular flexibility index (Phi) is 6.06. The van der Waals surface area contributed by atoms with Crippen LogP contribution >= 0.6 is 22.3 Å². The molecular weight excluding hydrogens is 313 g/mol. The highest BCUT2D eigenvalue weighted by molar-refractivity contribution is 8.13. The van der Waals surface area contributed by atoms with Gasteiger partial charge in [-0.3, -0.25) is 4.79 Å². The van der Waals surface area contributed by atoms with Crippen LogP contribution in [-0.2, 0) is 13.8 Å². The number of benzene rings is 1. The molecule has 0 aliphatic carbocycles. The fourth-order valence-electron chi connectivity index (χ4n) is 1.34. The van der Waals surface area contributed by atoms with Crippen molar-refractivity contribution >= 4 is 37.2 Å². The van der Waals surface area contributed by atoms with Gasteiger partial charge < -0.3 is 10.1 Å². The Bertz CT molecular complexity index is 560. The van der Waals surface area contributed by atoms with Crippen LogP contribution < -0.4 is 5.32 Å². The molecule has 0 saturated carbocycles. The summed E-state index contributed by atoms with van der Waals surface area (Å²) in [5.74, 6) is -0.455. The zero-order chi connectivity index (χ0) is 14.5. The molecule has 0 atom stereocenters. The molecule has 1 aromatic rings. The van der Waals surface area contributed by atoms with Gasteiger partial charge in [-0.15, -0.1) is 0 Å². The van der Waals surface area contributed by atoms with Crippen molar-refractivity contribution in [3.8, 4) is 0 Å². The lowest BCUT2D eigenvalue weighted by molar-refractivity contribution is 0.0948. The molecule has 0 aromatic heterocycles. The SMILES string of the molecule is COCCCNC(=O)c1cc(S(=O)(=O)Cl)ccc1Cl. The van der Waals surface area contributed by atoms with Crippen LogP contribution in [0.3, 0.4) is 0 Å². The number of halogens is 2. The number of hydrogen-bond donors (Lipinski definition) is 1. The highest BCUT2D eigenvalue weighted by Crippen LogP contribution is 2.22. The minimum atomic E-state index is -3.89. The molecule has 0 fully saturated rings. The number of amides is 1. The third kappa shape index (κ3) is 4.99. The van der Waals surface area contributed by atoms with E-state index in [1.54, 1.807) is 7.11 Å². The van der Waals surface area contributed by atoms with E-state index in [1.807, 2.05) is 0 Å². The third-order valence-electron chi connectivity index (χ3n) is 2.27. The summed E-state index contributed by atoms with van der Waals surface area (Å²) in [6.07, 6.45) is 0.646. The second-order valence-corrected chi connectivity index (χ2v) is 6.65. The lowest BCUT2D eigenvalue weighted by Crippen LogP contribution is -2.25. The third-order valence-corrected chi connectivity index (χ3v) is 3.96. The maximum atomic E-state index is 11.8. The molecule has 1 rings (SSSR count). The quantitative estimate of drug-likeness (QED) is 0.641. The maximum absolute atomic E-state index is 11.8. The summed E-state index contributed by atoms with van der Waals surface area (Å²) in [6.45, 7) is 0.922. The number of ether oxygens (including phenoxy) is 1. The first-order valence-electron chi connectivity index (χ1n) is 5.37. The van der Waals surface area contributed by atoms with Crippen molar-refractivity contribution in [2.75, 3.05) is 20.3 Å². The Morgan fingerprint density at radius 3 is 2.68 bits per heavy atom. The average molecular weight is 326 g/mol. The Hall–Kier alpha value is -0.820. The molecule has 0 radical (unpaired) electrons. The molecule has 0 aliphatic rings. The molecular formula is C11H13Cl2NO4S. The van der Waals surface area contributed by atoms with Crippen molar-refractivity contribution in [3.05, 3.63) is 28.8 Å². The summed E-state index contributed by atoms with van der Waals surface area (Å²) >= 11 is 5.86. The first-order valence-corrected chi connectivity index (χ1v) is 8.06. The molecule has 0 heterocycles. The number of rotatable bonds is 6. The van der Waals surface area contributed by atoms with Gasteiger partial charge in [-0.1, -0.05) is 11.6 Å². The van der Waals surface area contributed by atoms with Crippen LogP contribution in [0.4, 0.5) is 0 Å². The van der Waals surface area contributed by atoms with E-state index in [9.17, 15) is 13.2 Å². The highest BCUT2D eigenvalue weighted by atomic mass is 35.7. The van der Waals surface area contributed by atoms with E-state index in [-0.39, 0.29) is 15.5 Å². The summed E-state index contributed by atoms with van der Waals surface area (Å²) in [7, 11) is 2.89. The number of nitrogens with one attached hydrogen (secondary N) is 1. The molecule has 0 bridgehead atoms. The van der Waals surface area contributed by atoms with Crippen LogP contribution in [-0.4, -0.2) is 34.6 Å². The number of hydrogen-bond acceptors (Lipinski definition) is 4. The van der Waals surface area contributed by atoms with E-state index in [1.165, 1.54) is 12.1 Å². The lowest BCUT2D eigenvalue weighted by Gasteiger charge is -2.07. The molecule has 1 aromatic carbocycles. The molecule has 5 nitrogen and oxygen atoms in total. The van der Waals surface area contributed by atoms with Crippen molar-refractivity contribution in [1.82, 2.24) is 5.32 Å². The van der Waals surface area contributed by atoms with Crippen LogP contribution in [0.1, 0.15) is 16.8 Å². The van der Waals surface area contributed by atoms with E-state index in [0.717, 1.165) is 6.07 Å². The standard InChI is InChI=1S/C11H13Cl2NO4S/c1-18-6-2-5-14-11(15)9-7-8(19(13,16)17)3-4-10(9)12/h3-4,7H,2,5-6H2,1H3,(H,14,15). The van der Waals surface area contributed by atoms with Crippen molar-refractivity contribution in [1.29, 1.82) is 0 Å². The van der Waals surface area contributed by atoms with Crippen molar-refractivity contribution < 1.29 is 17.9 Å². The minimum absolute atomic E-state index is 0.0702. The number of carbonyl (C=O) groups excluding carboxylic acids is 1. The maximum Gasteiger partial charge on any atom is 0.261 e. The highest BCUT2D eigenvalue weighted by Gasteiger charge is 2.16. The van der Waals surface area contributed by atoms with Gasteiger partial charge in [0.25, 0.3) is 15.0 Å². The van der Waals surface area contributed by atoms with Gasteiger partial charge in [-0.05, 0) is 24.6 Å². The number of methoxy groups -OCH3 is 1. The van der Waals surface area contributed by atoms with Crippen LogP contribution in [0.25, 0.3) is 0 Å². The molecule has 8 heteroatoms. The first kappa shape index (κ1) is 16.2. The molecule has 0 spiro atoms. The largest absolute Gasteiger partial charge is 0.385 e. The van der Waals surface area contributed by atoms with E-state index in [0.29, 0.717) is 19.6 Å². The van der Waals surface area contributed by atoms with Crippen molar-refractivity contribution in [2.24, 2.45) is 0 Å². The van der Waals surface area contributed by atoms with Crippen LogP contribution in [0, 0.1) is 0 Å². The smallest absolute Gasteiger partial charge is 0.261 e. The molecule has 0 aliphatic heterocycles. The zero-order valence-electron chi connectivity index (χ0n) is 10.2. The van der Waals surface area contributed by atoms with Crippen LogP contribution in [0.2, 0.25) is 5.02 Å². The minimum Gasteiger partial charge on any atom is -0.385 e. The fraction of sp³-hybridized carbons (Fsp3) is 0.364. The topological polar surface area (TPSA) is 72.5 Å². The molecule has 0 unspecified atom stereocenters. The summed E-state index contributed by atoms with van der Waals surface area (Å²) < 4.78 is 27.2. The Morgan fingerprint density at radius 1 is 1.42 bits per heavy atom. The van der Waals surface area contributed by atoms with Gasteiger partial charge in [-0.25, -0.2) is 8.42 Å². The van der Waals surface area contributed by atoms with Gasteiger partial charge in [0.05, 0.1) is 15.5 Å². The van der Waals surface area contributed by atoms with E-state index in [2.05, 4.69) is 5.32 Å². The van der Waals surface area contributed by atoms with Crippen molar-refractivity contribution in [2.45, 2.75) is 11.3 Å². The van der Waals surface area contributed by atoms with Gasteiger partial charge in [0.2, 0.25) is 0 Å². The monoisotopic (exact) mass is 325 g/mol. The van der Waals surface area contributed by atoms with Gasteiger partial charge in [0.15, 0.2) is 0 Å². The Labute approximate surface area is 121 Å². The molecule has 19 heavy (non-hydrogen) atoms. The summed E-state index contributed by atoms with van der Waals surface area (Å²) in [4.78, 5) is 11.7. The van der Waals surface area contributed by atoms with Gasteiger partial charge in [-0.2, -0.15) is 0 Å². The first-order chi connectivity index (χ1) is 8.86.